The van der Waals surface area contributed by atoms with Crippen molar-refractivity contribution in [2.75, 3.05) is 13.7 Å². The van der Waals surface area contributed by atoms with E-state index in [1.807, 2.05) is 37.5 Å². The SMILES string of the molecule is C=CCN1C(=O)/C(=C\c2cc(C)n(-c3cc(C(=O)OC)ccc3C)c2C)C(=O)NC1=S. The van der Waals surface area contributed by atoms with Crippen molar-refractivity contribution in [3.8, 4) is 5.69 Å². The van der Waals surface area contributed by atoms with Crippen LogP contribution >= 0.6 is 12.2 Å². The van der Waals surface area contributed by atoms with E-state index >= 15 is 0 Å². The van der Waals surface area contributed by atoms with Crippen LogP contribution in [-0.4, -0.2) is 46.0 Å². The van der Waals surface area contributed by atoms with Gasteiger partial charge in [-0.15, -0.1) is 6.58 Å². The summed E-state index contributed by atoms with van der Waals surface area (Å²) in [6, 6.07) is 7.22. The average molecular weight is 438 g/mol. The number of carbonyl (C=O) groups excluding carboxylic acids is 3. The monoisotopic (exact) mass is 437 g/mol. The van der Waals surface area contributed by atoms with Crippen LogP contribution in [0.2, 0.25) is 0 Å². The topological polar surface area (TPSA) is 80.6 Å². The van der Waals surface area contributed by atoms with Crippen molar-refractivity contribution in [3.63, 3.8) is 0 Å². The molecule has 2 heterocycles. The van der Waals surface area contributed by atoms with E-state index in [1.165, 1.54) is 12.0 Å². The van der Waals surface area contributed by atoms with Crippen LogP contribution < -0.4 is 5.32 Å². The minimum absolute atomic E-state index is 0.00395. The number of aryl methyl sites for hydroxylation is 2. The predicted molar refractivity (Wildman–Crippen MR) is 122 cm³/mol. The maximum Gasteiger partial charge on any atom is 0.337 e. The number of amides is 2. The van der Waals surface area contributed by atoms with Crippen LogP contribution in [0.25, 0.3) is 11.8 Å². The lowest BCUT2D eigenvalue weighted by Gasteiger charge is -2.27. The Morgan fingerprint density at radius 1 is 1.23 bits per heavy atom. The molecule has 0 bridgehead atoms. The van der Waals surface area contributed by atoms with Crippen LogP contribution in [0.4, 0.5) is 0 Å². The highest BCUT2D eigenvalue weighted by molar-refractivity contribution is 7.80. The van der Waals surface area contributed by atoms with Gasteiger partial charge in [-0.2, -0.15) is 0 Å². The molecule has 1 aliphatic rings. The highest BCUT2D eigenvalue weighted by Gasteiger charge is 2.33. The predicted octanol–water partition coefficient (Wildman–Crippen LogP) is 3.00. The van der Waals surface area contributed by atoms with Gasteiger partial charge in [-0.25, -0.2) is 4.79 Å². The van der Waals surface area contributed by atoms with Crippen LogP contribution in [0.15, 0.2) is 42.5 Å². The smallest absolute Gasteiger partial charge is 0.337 e. The molecule has 160 valence electrons. The number of rotatable bonds is 5. The molecule has 0 atom stereocenters. The second-order valence-corrected chi connectivity index (χ2v) is 7.56. The van der Waals surface area contributed by atoms with Crippen LogP contribution in [0.3, 0.4) is 0 Å². The van der Waals surface area contributed by atoms with E-state index in [-0.39, 0.29) is 17.2 Å². The van der Waals surface area contributed by atoms with E-state index in [1.54, 1.807) is 24.3 Å². The van der Waals surface area contributed by atoms with Gasteiger partial charge < -0.3 is 9.30 Å². The zero-order chi connectivity index (χ0) is 22.9. The highest BCUT2D eigenvalue weighted by atomic mass is 32.1. The summed E-state index contributed by atoms with van der Waals surface area (Å²) in [5.74, 6) is -1.43. The molecule has 0 saturated carbocycles. The first-order valence-electron chi connectivity index (χ1n) is 9.57. The number of benzene rings is 1. The van der Waals surface area contributed by atoms with Crippen molar-refractivity contribution in [2.24, 2.45) is 0 Å². The molecule has 1 aromatic carbocycles. The Kier molecular flexibility index (Phi) is 6.21. The molecule has 0 aliphatic carbocycles. The number of ether oxygens (including phenoxy) is 1. The van der Waals surface area contributed by atoms with Gasteiger partial charge in [-0.3, -0.25) is 19.8 Å². The van der Waals surface area contributed by atoms with E-state index < -0.39 is 17.8 Å². The molecule has 31 heavy (non-hydrogen) atoms. The van der Waals surface area contributed by atoms with Crippen molar-refractivity contribution in [1.29, 1.82) is 0 Å². The third kappa shape index (κ3) is 4.06. The molecule has 3 rings (SSSR count). The molecular weight excluding hydrogens is 414 g/mol. The molecule has 2 aromatic rings. The molecule has 1 aliphatic heterocycles. The molecule has 1 saturated heterocycles. The summed E-state index contributed by atoms with van der Waals surface area (Å²) in [6.45, 7) is 9.58. The fourth-order valence-electron chi connectivity index (χ4n) is 3.54. The molecule has 1 aromatic heterocycles. The molecule has 0 spiro atoms. The Labute approximate surface area is 186 Å². The fraction of sp³-hybridized carbons (Fsp3) is 0.217. The summed E-state index contributed by atoms with van der Waals surface area (Å²) in [7, 11) is 1.34. The van der Waals surface area contributed by atoms with Gasteiger partial charge in [0.1, 0.15) is 5.57 Å². The zero-order valence-corrected chi connectivity index (χ0v) is 18.6. The van der Waals surface area contributed by atoms with Crippen LogP contribution in [0.5, 0.6) is 0 Å². The summed E-state index contributed by atoms with van der Waals surface area (Å²) in [6.07, 6.45) is 3.11. The number of aromatic nitrogens is 1. The molecule has 1 fully saturated rings. The van der Waals surface area contributed by atoms with Gasteiger partial charge in [-0.05, 0) is 68.4 Å². The molecule has 0 radical (unpaired) electrons. The number of hydrogen-bond donors (Lipinski definition) is 1. The minimum atomic E-state index is -0.538. The normalized spacial score (nSPS) is 15.3. The number of nitrogens with one attached hydrogen (secondary N) is 1. The maximum absolute atomic E-state index is 12.8. The lowest BCUT2D eigenvalue weighted by Crippen LogP contribution is -2.53. The molecule has 2 amide bonds. The van der Waals surface area contributed by atoms with Crippen molar-refractivity contribution >= 4 is 41.2 Å². The van der Waals surface area contributed by atoms with Gasteiger partial charge in [-0.1, -0.05) is 12.1 Å². The van der Waals surface area contributed by atoms with Gasteiger partial charge in [0, 0.05) is 23.6 Å². The minimum Gasteiger partial charge on any atom is -0.465 e. The fourth-order valence-corrected chi connectivity index (χ4v) is 3.79. The Morgan fingerprint density at radius 3 is 2.58 bits per heavy atom. The van der Waals surface area contributed by atoms with Crippen molar-refractivity contribution < 1.29 is 19.1 Å². The van der Waals surface area contributed by atoms with Crippen LogP contribution in [0, 0.1) is 20.8 Å². The van der Waals surface area contributed by atoms with Gasteiger partial charge in [0.05, 0.1) is 12.7 Å². The first-order chi connectivity index (χ1) is 14.7. The summed E-state index contributed by atoms with van der Waals surface area (Å²) < 4.78 is 6.81. The maximum atomic E-state index is 12.8. The molecular formula is C23H23N3O4S. The van der Waals surface area contributed by atoms with Gasteiger partial charge in [0.25, 0.3) is 11.8 Å². The lowest BCUT2D eigenvalue weighted by atomic mass is 10.1. The van der Waals surface area contributed by atoms with Gasteiger partial charge in [0.15, 0.2) is 5.11 Å². The summed E-state index contributed by atoms with van der Waals surface area (Å²) in [4.78, 5) is 38.5. The van der Waals surface area contributed by atoms with E-state index in [0.29, 0.717) is 11.1 Å². The largest absolute Gasteiger partial charge is 0.465 e. The first kappa shape index (κ1) is 22.2. The third-order valence-corrected chi connectivity index (χ3v) is 5.46. The first-order valence-corrected chi connectivity index (χ1v) is 9.98. The number of esters is 1. The lowest BCUT2D eigenvalue weighted by molar-refractivity contribution is -0.128. The van der Waals surface area contributed by atoms with Crippen molar-refractivity contribution in [3.05, 3.63) is 70.6 Å². The second-order valence-electron chi connectivity index (χ2n) is 7.18. The summed E-state index contributed by atoms with van der Waals surface area (Å²) >= 11 is 5.09. The average Bonchev–Trinajstić information content (AvgIpc) is 3.01. The molecule has 1 N–H and O–H groups in total. The Morgan fingerprint density at radius 2 is 1.94 bits per heavy atom. The molecule has 0 unspecified atom stereocenters. The molecule has 8 heteroatoms. The Bertz CT molecular complexity index is 1160. The number of methoxy groups -OCH3 is 1. The number of hydrogen-bond acceptors (Lipinski definition) is 5. The van der Waals surface area contributed by atoms with Gasteiger partial charge in [0.2, 0.25) is 0 Å². The van der Waals surface area contributed by atoms with E-state index in [2.05, 4.69) is 11.9 Å². The number of nitrogens with zero attached hydrogens (tertiary/aromatic N) is 2. The highest BCUT2D eigenvalue weighted by Crippen LogP contribution is 2.27. The van der Waals surface area contributed by atoms with Gasteiger partial charge >= 0.3 is 5.97 Å². The summed E-state index contributed by atoms with van der Waals surface area (Å²) in [5.41, 5.74) is 4.63. The van der Waals surface area contributed by atoms with Crippen LogP contribution in [0.1, 0.15) is 32.9 Å². The Hall–Kier alpha value is -3.52. The molecule has 7 nitrogen and oxygen atoms in total. The van der Waals surface area contributed by atoms with E-state index in [4.69, 9.17) is 17.0 Å². The van der Waals surface area contributed by atoms with E-state index in [9.17, 15) is 14.4 Å². The van der Waals surface area contributed by atoms with Crippen molar-refractivity contribution in [2.45, 2.75) is 20.8 Å². The standard InChI is InChI=1S/C23H23N3O4S/c1-6-9-25-21(28)18(20(27)24-23(25)31)11-17-10-14(3)26(15(17)4)19-12-16(22(29)30-5)8-7-13(19)2/h6-8,10-12H,1,9H2,2-5H3,(H,24,27,31)/b18-11-. The van der Waals surface area contributed by atoms with Crippen LogP contribution in [-0.2, 0) is 14.3 Å². The number of thiocarbonyl (C=S) groups is 1. The zero-order valence-electron chi connectivity index (χ0n) is 17.8. The van der Waals surface area contributed by atoms with E-state index in [0.717, 1.165) is 22.6 Å². The Balaban J connectivity index is 2.09. The number of carbonyl (C=O) groups is 3. The third-order valence-electron chi connectivity index (χ3n) is 5.14. The summed E-state index contributed by atoms with van der Waals surface area (Å²) in [5, 5.41) is 2.61. The second kappa shape index (κ2) is 8.69. The van der Waals surface area contributed by atoms with Crippen molar-refractivity contribution in [1.82, 2.24) is 14.8 Å². The quantitative estimate of drug-likeness (QED) is 0.256.